The molecule has 2 nitrogen and oxygen atoms in total. The maximum absolute atomic E-state index is 6.27. The highest BCUT2D eigenvalue weighted by atomic mass is 35.5. The molecular formula is C16H25ClN2. The topological polar surface area (TPSA) is 24.9 Å². The first-order valence-corrected chi connectivity index (χ1v) is 7.91. The Kier molecular flexibility index (Phi) is 5.23. The SMILES string of the molecule is CCNC(Cc1ccncc1Cl)C1(CC)CCCC1. The van der Waals surface area contributed by atoms with E-state index in [0.29, 0.717) is 11.5 Å². The summed E-state index contributed by atoms with van der Waals surface area (Å²) in [7, 11) is 0. The third-order valence-corrected chi connectivity index (χ3v) is 5.11. The Morgan fingerprint density at radius 1 is 1.37 bits per heavy atom. The van der Waals surface area contributed by atoms with Crippen LogP contribution in [0.3, 0.4) is 0 Å². The van der Waals surface area contributed by atoms with E-state index in [1.165, 1.54) is 37.7 Å². The molecule has 1 atom stereocenters. The molecule has 19 heavy (non-hydrogen) atoms. The molecule has 1 aliphatic carbocycles. The molecule has 0 amide bonds. The van der Waals surface area contributed by atoms with Crippen molar-refractivity contribution in [3.63, 3.8) is 0 Å². The standard InChI is InChI=1S/C16H25ClN2/c1-3-16(8-5-6-9-16)15(19-4-2)11-13-7-10-18-12-14(13)17/h7,10,12,15,19H,3-6,8-9,11H2,1-2H3. The molecule has 1 N–H and O–H groups in total. The van der Waals surface area contributed by atoms with Gasteiger partial charge in [0.1, 0.15) is 0 Å². The number of rotatable bonds is 6. The van der Waals surface area contributed by atoms with Gasteiger partial charge in [0.15, 0.2) is 0 Å². The monoisotopic (exact) mass is 280 g/mol. The fourth-order valence-corrected chi connectivity index (χ4v) is 3.77. The lowest BCUT2D eigenvalue weighted by molar-refractivity contribution is 0.186. The van der Waals surface area contributed by atoms with Gasteiger partial charge in [-0.1, -0.05) is 38.3 Å². The van der Waals surface area contributed by atoms with Gasteiger partial charge < -0.3 is 5.32 Å². The molecule has 1 aromatic heterocycles. The van der Waals surface area contributed by atoms with E-state index in [2.05, 4.69) is 30.2 Å². The lowest BCUT2D eigenvalue weighted by Gasteiger charge is -2.38. The molecule has 1 heterocycles. The van der Waals surface area contributed by atoms with Crippen LogP contribution in [-0.2, 0) is 6.42 Å². The van der Waals surface area contributed by atoms with E-state index in [-0.39, 0.29) is 0 Å². The summed E-state index contributed by atoms with van der Waals surface area (Å²) in [5.74, 6) is 0. The summed E-state index contributed by atoms with van der Waals surface area (Å²) in [5, 5.41) is 4.51. The third kappa shape index (κ3) is 3.29. The van der Waals surface area contributed by atoms with Crippen LogP contribution in [0.4, 0.5) is 0 Å². The van der Waals surface area contributed by atoms with E-state index < -0.39 is 0 Å². The van der Waals surface area contributed by atoms with Gasteiger partial charge in [0.2, 0.25) is 0 Å². The number of nitrogens with zero attached hydrogens (tertiary/aromatic N) is 1. The molecule has 1 fully saturated rings. The predicted octanol–water partition coefficient (Wildman–Crippen LogP) is 4.23. The van der Waals surface area contributed by atoms with E-state index in [9.17, 15) is 0 Å². The van der Waals surface area contributed by atoms with Gasteiger partial charge in [-0.05, 0) is 49.3 Å². The molecule has 0 spiro atoms. The highest BCUT2D eigenvalue weighted by molar-refractivity contribution is 6.31. The van der Waals surface area contributed by atoms with Crippen LogP contribution in [0.25, 0.3) is 0 Å². The van der Waals surface area contributed by atoms with Crippen LogP contribution >= 0.6 is 11.6 Å². The van der Waals surface area contributed by atoms with Crippen molar-refractivity contribution in [2.45, 2.75) is 58.4 Å². The quantitative estimate of drug-likeness (QED) is 0.844. The summed E-state index contributed by atoms with van der Waals surface area (Å²) in [4.78, 5) is 4.08. The Bertz CT molecular complexity index is 399. The minimum Gasteiger partial charge on any atom is -0.313 e. The average Bonchev–Trinajstić information content (AvgIpc) is 2.90. The zero-order chi connectivity index (χ0) is 13.7. The molecule has 0 bridgehead atoms. The molecule has 106 valence electrons. The number of nitrogens with one attached hydrogen (secondary N) is 1. The summed E-state index contributed by atoms with van der Waals surface area (Å²) in [5.41, 5.74) is 1.69. The fourth-order valence-electron chi connectivity index (χ4n) is 3.57. The lowest BCUT2D eigenvalue weighted by atomic mass is 9.74. The van der Waals surface area contributed by atoms with Crippen molar-refractivity contribution in [2.24, 2.45) is 5.41 Å². The van der Waals surface area contributed by atoms with Crippen LogP contribution < -0.4 is 5.32 Å². The van der Waals surface area contributed by atoms with Crippen LogP contribution in [-0.4, -0.2) is 17.6 Å². The fraction of sp³-hybridized carbons (Fsp3) is 0.688. The second kappa shape index (κ2) is 6.71. The first-order chi connectivity index (χ1) is 9.22. The van der Waals surface area contributed by atoms with Gasteiger partial charge in [-0.25, -0.2) is 0 Å². The normalized spacial score (nSPS) is 19.5. The molecule has 1 saturated carbocycles. The van der Waals surface area contributed by atoms with Crippen LogP contribution in [0.2, 0.25) is 5.02 Å². The number of aromatic nitrogens is 1. The van der Waals surface area contributed by atoms with Crippen molar-refractivity contribution in [2.75, 3.05) is 6.54 Å². The van der Waals surface area contributed by atoms with Crippen molar-refractivity contribution < 1.29 is 0 Å². The van der Waals surface area contributed by atoms with E-state index in [0.717, 1.165) is 18.0 Å². The Morgan fingerprint density at radius 3 is 2.68 bits per heavy atom. The first-order valence-electron chi connectivity index (χ1n) is 7.53. The maximum Gasteiger partial charge on any atom is 0.0621 e. The summed E-state index contributed by atoms with van der Waals surface area (Å²) in [6.45, 7) is 5.55. The largest absolute Gasteiger partial charge is 0.313 e. The molecule has 0 radical (unpaired) electrons. The van der Waals surface area contributed by atoms with Gasteiger partial charge in [0, 0.05) is 18.4 Å². The highest BCUT2D eigenvalue weighted by Crippen LogP contribution is 2.45. The van der Waals surface area contributed by atoms with Crippen LogP contribution in [0.5, 0.6) is 0 Å². The van der Waals surface area contributed by atoms with Gasteiger partial charge in [0.25, 0.3) is 0 Å². The smallest absolute Gasteiger partial charge is 0.0621 e. The molecule has 2 rings (SSSR count). The van der Waals surface area contributed by atoms with Crippen LogP contribution in [0.15, 0.2) is 18.5 Å². The molecule has 1 aliphatic rings. The number of hydrogen-bond acceptors (Lipinski definition) is 2. The molecule has 0 aliphatic heterocycles. The van der Waals surface area contributed by atoms with Gasteiger partial charge in [0.05, 0.1) is 5.02 Å². The average molecular weight is 281 g/mol. The van der Waals surface area contributed by atoms with Crippen molar-refractivity contribution in [1.82, 2.24) is 10.3 Å². The van der Waals surface area contributed by atoms with Crippen molar-refractivity contribution in [3.8, 4) is 0 Å². The first kappa shape index (κ1) is 14.8. The minimum atomic E-state index is 0.461. The molecule has 1 aromatic rings. The molecule has 1 unspecified atom stereocenters. The predicted molar refractivity (Wildman–Crippen MR) is 81.6 cm³/mol. The number of pyridine rings is 1. The van der Waals surface area contributed by atoms with Crippen molar-refractivity contribution in [3.05, 3.63) is 29.0 Å². The molecule has 0 saturated heterocycles. The zero-order valence-electron chi connectivity index (χ0n) is 12.1. The Morgan fingerprint density at radius 2 is 2.11 bits per heavy atom. The van der Waals surface area contributed by atoms with E-state index in [4.69, 9.17) is 11.6 Å². The second-order valence-corrected chi connectivity index (χ2v) is 6.11. The summed E-state index contributed by atoms with van der Waals surface area (Å²) < 4.78 is 0. The third-order valence-electron chi connectivity index (χ3n) is 4.77. The van der Waals surface area contributed by atoms with Crippen LogP contribution in [0.1, 0.15) is 51.5 Å². The summed E-state index contributed by atoms with van der Waals surface area (Å²) in [6.07, 6.45) is 11.3. The lowest BCUT2D eigenvalue weighted by Crippen LogP contribution is -2.45. The maximum atomic E-state index is 6.27. The summed E-state index contributed by atoms with van der Waals surface area (Å²) in [6, 6.07) is 2.59. The molecule has 0 aromatic carbocycles. The molecule has 3 heteroatoms. The summed E-state index contributed by atoms with van der Waals surface area (Å²) >= 11 is 6.27. The minimum absolute atomic E-state index is 0.461. The van der Waals surface area contributed by atoms with E-state index >= 15 is 0 Å². The van der Waals surface area contributed by atoms with E-state index in [1.807, 2.05) is 6.20 Å². The Labute approximate surface area is 122 Å². The van der Waals surface area contributed by atoms with Crippen molar-refractivity contribution in [1.29, 1.82) is 0 Å². The van der Waals surface area contributed by atoms with Gasteiger partial charge in [-0.15, -0.1) is 0 Å². The number of halogens is 1. The Hall–Kier alpha value is -0.600. The Balaban J connectivity index is 2.18. The zero-order valence-corrected chi connectivity index (χ0v) is 12.8. The van der Waals surface area contributed by atoms with Crippen molar-refractivity contribution >= 4 is 11.6 Å². The van der Waals surface area contributed by atoms with E-state index in [1.54, 1.807) is 6.20 Å². The van der Waals surface area contributed by atoms with Crippen LogP contribution in [0, 0.1) is 5.41 Å². The molecular weight excluding hydrogens is 256 g/mol. The van der Waals surface area contributed by atoms with Gasteiger partial charge in [-0.2, -0.15) is 0 Å². The number of likely N-dealkylation sites (N-methyl/N-ethyl adjacent to an activating group) is 1. The van der Waals surface area contributed by atoms with Gasteiger partial charge >= 0.3 is 0 Å². The van der Waals surface area contributed by atoms with Gasteiger partial charge in [-0.3, -0.25) is 4.98 Å². The second-order valence-electron chi connectivity index (χ2n) is 5.70. The highest BCUT2D eigenvalue weighted by Gasteiger charge is 2.39. The number of hydrogen-bond donors (Lipinski definition) is 1.